The maximum absolute atomic E-state index is 5.56. The van der Waals surface area contributed by atoms with E-state index in [-0.39, 0.29) is 6.04 Å². The average Bonchev–Trinajstić information content (AvgIpc) is 3.27. The molecular weight excluding hydrogens is 312 g/mol. The van der Waals surface area contributed by atoms with Gasteiger partial charge in [-0.3, -0.25) is 14.5 Å². The lowest BCUT2D eigenvalue weighted by atomic mass is 10.1. The summed E-state index contributed by atoms with van der Waals surface area (Å²) in [6.07, 6.45) is 0. The SMILES string of the molecule is Cc1nn(C)c2sc(-c3nc([C@H]4CN5CCN4CC5)no3)cc12. The topological polar surface area (TPSA) is 63.2 Å². The second-order valence-electron chi connectivity index (χ2n) is 6.35. The summed E-state index contributed by atoms with van der Waals surface area (Å²) in [5, 5.41) is 9.87. The van der Waals surface area contributed by atoms with Crippen LogP contribution >= 0.6 is 11.3 Å². The second kappa shape index (κ2) is 4.86. The summed E-state index contributed by atoms with van der Waals surface area (Å²) >= 11 is 1.65. The molecule has 120 valence electrons. The number of fused-ring (bicyclic) bond motifs is 4. The van der Waals surface area contributed by atoms with Gasteiger partial charge in [-0.15, -0.1) is 11.3 Å². The standard InChI is InChI=1S/C15H18N6OS/c1-9-10-7-12(23-15(10)19(2)17-9)14-16-13(18-22-14)11-8-20-3-5-21(11)6-4-20/h7,11H,3-6,8H2,1-2H3/t11-/m1/s1. The van der Waals surface area contributed by atoms with Crippen molar-refractivity contribution in [3.05, 3.63) is 17.6 Å². The third-order valence-corrected chi connectivity index (χ3v) is 6.12. The molecule has 6 heterocycles. The van der Waals surface area contributed by atoms with Crippen molar-refractivity contribution in [2.75, 3.05) is 32.7 Å². The summed E-state index contributed by atoms with van der Waals surface area (Å²) in [7, 11) is 1.97. The maximum atomic E-state index is 5.56. The summed E-state index contributed by atoms with van der Waals surface area (Å²) < 4.78 is 7.48. The molecule has 0 radical (unpaired) electrons. The molecule has 3 saturated heterocycles. The van der Waals surface area contributed by atoms with Crippen LogP contribution in [0.4, 0.5) is 0 Å². The van der Waals surface area contributed by atoms with E-state index in [1.165, 1.54) is 5.39 Å². The molecule has 0 amide bonds. The Balaban J connectivity index is 1.49. The Morgan fingerprint density at radius 3 is 2.78 bits per heavy atom. The van der Waals surface area contributed by atoms with Gasteiger partial charge in [-0.2, -0.15) is 10.1 Å². The molecule has 6 rings (SSSR count). The van der Waals surface area contributed by atoms with Crippen molar-refractivity contribution in [3.63, 3.8) is 0 Å². The van der Waals surface area contributed by atoms with E-state index < -0.39 is 0 Å². The molecule has 0 unspecified atom stereocenters. The monoisotopic (exact) mass is 330 g/mol. The lowest BCUT2D eigenvalue weighted by Gasteiger charge is -2.46. The van der Waals surface area contributed by atoms with Crippen LogP contribution in [-0.4, -0.2) is 62.4 Å². The summed E-state index contributed by atoms with van der Waals surface area (Å²) in [6.45, 7) is 7.55. The molecule has 0 spiro atoms. The highest BCUT2D eigenvalue weighted by Gasteiger charge is 2.35. The van der Waals surface area contributed by atoms with Gasteiger partial charge in [-0.1, -0.05) is 5.16 Å². The number of hydrogen-bond donors (Lipinski definition) is 0. The Labute approximate surface area is 137 Å². The number of thiophene rings is 1. The summed E-state index contributed by atoms with van der Waals surface area (Å²) in [4.78, 5) is 11.8. The highest BCUT2D eigenvalue weighted by Crippen LogP contribution is 2.35. The first kappa shape index (κ1) is 13.6. The molecule has 3 aliphatic rings. The Hall–Kier alpha value is -1.77. The maximum Gasteiger partial charge on any atom is 0.268 e. The molecule has 3 aromatic heterocycles. The highest BCUT2D eigenvalue weighted by molar-refractivity contribution is 7.21. The molecule has 2 bridgehead atoms. The van der Waals surface area contributed by atoms with Gasteiger partial charge in [0, 0.05) is 45.2 Å². The van der Waals surface area contributed by atoms with Crippen LogP contribution in [0.25, 0.3) is 21.0 Å². The fourth-order valence-corrected chi connectivity index (χ4v) is 4.69. The summed E-state index contributed by atoms with van der Waals surface area (Å²) in [5.41, 5.74) is 1.04. The lowest BCUT2D eigenvalue weighted by molar-refractivity contribution is 0.00781. The number of nitrogens with zero attached hydrogens (tertiary/aromatic N) is 6. The quantitative estimate of drug-likeness (QED) is 0.712. The van der Waals surface area contributed by atoms with Gasteiger partial charge in [0.05, 0.1) is 16.6 Å². The van der Waals surface area contributed by atoms with Gasteiger partial charge in [0.15, 0.2) is 5.82 Å². The lowest BCUT2D eigenvalue weighted by Crippen LogP contribution is -2.57. The van der Waals surface area contributed by atoms with Crippen LogP contribution in [0.1, 0.15) is 17.6 Å². The molecule has 8 heteroatoms. The molecular formula is C15H18N6OS. The second-order valence-corrected chi connectivity index (χ2v) is 7.38. The van der Waals surface area contributed by atoms with Crippen LogP contribution < -0.4 is 0 Å². The van der Waals surface area contributed by atoms with Crippen LogP contribution in [0.5, 0.6) is 0 Å². The summed E-state index contributed by atoms with van der Waals surface area (Å²) in [5.74, 6) is 1.44. The van der Waals surface area contributed by atoms with Crippen LogP contribution in [0.2, 0.25) is 0 Å². The van der Waals surface area contributed by atoms with Crippen LogP contribution in [0, 0.1) is 6.92 Å². The van der Waals surface area contributed by atoms with Gasteiger partial charge in [0.1, 0.15) is 4.83 Å². The minimum Gasteiger partial charge on any atom is -0.333 e. The van der Waals surface area contributed by atoms with Crippen molar-refractivity contribution in [1.82, 2.24) is 29.7 Å². The van der Waals surface area contributed by atoms with E-state index in [1.807, 2.05) is 18.7 Å². The molecule has 3 aromatic rings. The molecule has 3 aliphatic heterocycles. The number of piperazine rings is 3. The first-order valence-corrected chi connectivity index (χ1v) is 8.74. The predicted molar refractivity (Wildman–Crippen MR) is 87.4 cm³/mol. The van der Waals surface area contributed by atoms with Crippen molar-refractivity contribution >= 4 is 21.6 Å². The molecule has 23 heavy (non-hydrogen) atoms. The van der Waals surface area contributed by atoms with Gasteiger partial charge in [0.25, 0.3) is 5.89 Å². The average molecular weight is 330 g/mol. The zero-order valence-electron chi connectivity index (χ0n) is 13.2. The number of hydrogen-bond acceptors (Lipinski definition) is 7. The van der Waals surface area contributed by atoms with Crippen LogP contribution in [0.15, 0.2) is 10.6 Å². The fraction of sp³-hybridized carbons (Fsp3) is 0.533. The number of rotatable bonds is 2. The molecule has 7 nitrogen and oxygen atoms in total. The van der Waals surface area contributed by atoms with Gasteiger partial charge in [-0.25, -0.2) is 0 Å². The van der Waals surface area contributed by atoms with E-state index in [0.29, 0.717) is 5.89 Å². The molecule has 1 atom stereocenters. The van der Waals surface area contributed by atoms with E-state index in [1.54, 1.807) is 11.3 Å². The molecule has 0 aliphatic carbocycles. The minimum atomic E-state index is 0.271. The van der Waals surface area contributed by atoms with E-state index in [2.05, 4.69) is 26.1 Å². The fourth-order valence-electron chi connectivity index (χ4n) is 3.64. The van der Waals surface area contributed by atoms with Crippen molar-refractivity contribution in [2.45, 2.75) is 13.0 Å². The molecule has 3 fully saturated rings. The van der Waals surface area contributed by atoms with Crippen molar-refractivity contribution in [2.24, 2.45) is 7.05 Å². The Bertz CT molecular complexity index is 837. The van der Waals surface area contributed by atoms with Gasteiger partial charge < -0.3 is 4.52 Å². The number of aryl methyl sites for hydroxylation is 2. The van der Waals surface area contributed by atoms with Crippen LogP contribution in [-0.2, 0) is 7.05 Å². The van der Waals surface area contributed by atoms with Gasteiger partial charge >= 0.3 is 0 Å². The van der Waals surface area contributed by atoms with Gasteiger partial charge in [-0.05, 0) is 13.0 Å². The molecule has 0 N–H and O–H groups in total. The third kappa shape index (κ3) is 2.05. The van der Waals surface area contributed by atoms with Crippen molar-refractivity contribution in [1.29, 1.82) is 0 Å². The zero-order valence-corrected chi connectivity index (χ0v) is 14.0. The first-order valence-electron chi connectivity index (χ1n) is 7.92. The van der Waals surface area contributed by atoms with E-state index >= 15 is 0 Å². The largest absolute Gasteiger partial charge is 0.333 e. The van der Waals surface area contributed by atoms with Crippen molar-refractivity contribution in [3.8, 4) is 10.8 Å². The predicted octanol–water partition coefficient (Wildman–Crippen LogP) is 1.67. The van der Waals surface area contributed by atoms with Gasteiger partial charge in [0.2, 0.25) is 0 Å². The first-order chi connectivity index (χ1) is 11.2. The third-order valence-electron chi connectivity index (χ3n) is 4.93. The zero-order chi connectivity index (χ0) is 15.6. The van der Waals surface area contributed by atoms with E-state index in [9.17, 15) is 0 Å². The Morgan fingerprint density at radius 1 is 1.26 bits per heavy atom. The number of aromatic nitrogens is 4. The smallest absolute Gasteiger partial charge is 0.268 e. The summed E-state index contributed by atoms with van der Waals surface area (Å²) in [6, 6.07) is 2.38. The highest BCUT2D eigenvalue weighted by atomic mass is 32.1. The van der Waals surface area contributed by atoms with E-state index in [4.69, 9.17) is 9.51 Å². The Kier molecular flexibility index (Phi) is 2.88. The van der Waals surface area contributed by atoms with Crippen LogP contribution in [0.3, 0.4) is 0 Å². The molecule has 0 aromatic carbocycles. The van der Waals surface area contributed by atoms with Crippen molar-refractivity contribution < 1.29 is 4.52 Å². The Morgan fingerprint density at radius 2 is 2.09 bits per heavy atom. The van der Waals surface area contributed by atoms with E-state index in [0.717, 1.165) is 53.9 Å². The molecule has 0 saturated carbocycles. The normalized spacial score (nSPS) is 27.1. The minimum absolute atomic E-state index is 0.271.